The van der Waals surface area contributed by atoms with Crippen molar-refractivity contribution in [2.75, 3.05) is 0 Å². The largest absolute Gasteiger partial charge is 0.444 e. The normalized spacial score (nSPS) is 24.8. The number of halogens is 5. The number of nitrogens with one attached hydrogen (secondary N) is 1. The molecule has 11 rings (SSSR count). The molecule has 6 bridgehead atoms. The molecular weight excluding hydrogens is 1100 g/mol. The van der Waals surface area contributed by atoms with Crippen molar-refractivity contribution in [2.24, 2.45) is 0 Å². The summed E-state index contributed by atoms with van der Waals surface area (Å²) in [6.45, 7) is 12.1. The highest BCUT2D eigenvalue weighted by atomic mass is 79.9. The zero-order valence-electron chi connectivity index (χ0n) is 46.4. The summed E-state index contributed by atoms with van der Waals surface area (Å²) in [6.07, 6.45) is 11.4. The van der Waals surface area contributed by atoms with Crippen LogP contribution in [0.4, 0.5) is 22.8 Å². The predicted molar refractivity (Wildman–Crippen MR) is 308 cm³/mol. The first-order valence-corrected chi connectivity index (χ1v) is 28.9. The molecule has 0 radical (unpaired) electrons. The van der Waals surface area contributed by atoms with Crippen LogP contribution in [0.25, 0.3) is 22.3 Å². The Balaban J connectivity index is 0.000000156. The number of benzene rings is 5. The molecule has 6 saturated heterocycles. The highest BCUT2D eigenvalue weighted by molar-refractivity contribution is 9.10. The molecule has 5 aromatic carbocycles. The van der Waals surface area contributed by atoms with E-state index in [1.54, 1.807) is 18.2 Å². The van der Waals surface area contributed by atoms with Gasteiger partial charge in [0.1, 0.15) is 28.7 Å². The van der Waals surface area contributed by atoms with Crippen molar-refractivity contribution >= 4 is 40.5 Å². The third-order valence-electron chi connectivity index (χ3n) is 15.9. The number of amides is 2. The number of carbonyl (C=O) groups is 2. The maximum atomic E-state index is 14.6. The molecule has 0 spiro atoms. The van der Waals surface area contributed by atoms with E-state index >= 15 is 0 Å². The molecule has 0 saturated carbocycles. The van der Waals surface area contributed by atoms with Gasteiger partial charge in [0.25, 0.3) is 0 Å². The molecule has 79 heavy (non-hydrogen) atoms. The second-order valence-corrected chi connectivity index (χ2v) is 24.7. The Labute approximate surface area is 480 Å². The number of fused-ring (bicyclic) bond motifs is 6. The minimum absolute atomic E-state index is 0. The molecule has 6 fully saturated rings. The fraction of sp³-hybridized carbons (Fsp3) is 0.500. The maximum absolute atomic E-state index is 14.6. The zero-order chi connectivity index (χ0) is 55.1. The van der Waals surface area contributed by atoms with Crippen molar-refractivity contribution in [3.05, 3.63) is 154 Å². The predicted octanol–water partition coefficient (Wildman–Crippen LogP) is 15.7. The summed E-state index contributed by atoms with van der Waals surface area (Å²) in [5, 5.41) is 3.61. The lowest BCUT2D eigenvalue weighted by molar-refractivity contribution is -0.0410. The number of nitrogens with zero attached hydrogens (tertiary/aromatic N) is 2. The van der Waals surface area contributed by atoms with Gasteiger partial charge in [-0.2, -0.15) is 0 Å². The molecule has 15 heteroatoms. The summed E-state index contributed by atoms with van der Waals surface area (Å²) < 4.78 is 73.1. The minimum Gasteiger partial charge on any atom is -0.444 e. The van der Waals surface area contributed by atoms with Crippen LogP contribution in [0.3, 0.4) is 0 Å². The summed E-state index contributed by atoms with van der Waals surface area (Å²) in [6, 6.07) is 36.9. The summed E-state index contributed by atoms with van der Waals surface area (Å²) >= 11 is 3.38. The third-order valence-corrected chi connectivity index (χ3v) is 16.6. The number of rotatable bonds is 11. The molecule has 1 N–H and O–H groups in total. The molecule has 6 aliphatic rings. The molecule has 6 aliphatic heterocycles. The molecule has 0 aliphatic carbocycles. The highest BCUT2D eigenvalue weighted by Crippen LogP contribution is 2.41. The maximum Gasteiger partial charge on any atom is 0.410 e. The van der Waals surface area contributed by atoms with Gasteiger partial charge in [-0.1, -0.05) is 107 Å². The fourth-order valence-corrected chi connectivity index (χ4v) is 12.8. The van der Waals surface area contributed by atoms with Crippen LogP contribution < -0.4 is 5.32 Å². The van der Waals surface area contributed by atoms with Crippen LogP contribution in [0.2, 0.25) is 0 Å². The summed E-state index contributed by atoms with van der Waals surface area (Å²) in [5.74, 6) is -0.683. The van der Waals surface area contributed by atoms with Crippen LogP contribution in [0, 0.1) is 17.5 Å². The van der Waals surface area contributed by atoms with E-state index in [0.29, 0.717) is 35.4 Å². The number of hydrogen-bond acceptors (Lipinski definition) is 8. The average Bonchev–Trinajstić information content (AvgIpc) is 4.04. The lowest BCUT2D eigenvalue weighted by Gasteiger charge is -2.39. The van der Waals surface area contributed by atoms with Crippen molar-refractivity contribution in [3.63, 3.8) is 0 Å². The second kappa shape index (κ2) is 26.7. The monoisotopic (exact) mass is 1170 g/mol. The lowest BCUT2D eigenvalue weighted by atomic mass is 9.98. The quantitative estimate of drug-likeness (QED) is 0.140. The van der Waals surface area contributed by atoms with Crippen molar-refractivity contribution in [3.8, 4) is 22.3 Å². The molecular formula is C64H78BrClF3N3O7. The summed E-state index contributed by atoms with van der Waals surface area (Å²) in [7, 11) is 0. The van der Waals surface area contributed by atoms with E-state index in [9.17, 15) is 22.8 Å². The van der Waals surface area contributed by atoms with Crippen LogP contribution in [0.15, 0.2) is 120 Å². The van der Waals surface area contributed by atoms with E-state index in [2.05, 4.69) is 21.2 Å². The first-order chi connectivity index (χ1) is 37.4. The minimum atomic E-state index is -0.497. The Kier molecular flexibility index (Phi) is 20.4. The van der Waals surface area contributed by atoms with E-state index in [0.717, 1.165) is 90.9 Å². The van der Waals surface area contributed by atoms with E-state index in [1.807, 2.05) is 130 Å². The van der Waals surface area contributed by atoms with Crippen LogP contribution in [0.1, 0.15) is 135 Å². The molecule has 5 aromatic rings. The Hall–Kier alpha value is -4.96. The van der Waals surface area contributed by atoms with Gasteiger partial charge in [-0.15, -0.1) is 12.4 Å². The fourth-order valence-electron chi connectivity index (χ4n) is 12.4. The molecule has 6 unspecified atom stereocenters. The van der Waals surface area contributed by atoms with E-state index in [-0.39, 0.29) is 97.7 Å². The number of hydrogen-bond donors (Lipinski definition) is 1. The topological polar surface area (TPSA) is 98.8 Å². The first-order valence-electron chi connectivity index (χ1n) is 28.1. The van der Waals surface area contributed by atoms with Crippen molar-refractivity contribution in [1.82, 2.24) is 15.1 Å². The van der Waals surface area contributed by atoms with Crippen molar-refractivity contribution in [1.29, 1.82) is 0 Å². The number of ether oxygens (including phenoxy) is 5. The van der Waals surface area contributed by atoms with Gasteiger partial charge in [-0.25, -0.2) is 22.8 Å². The lowest BCUT2D eigenvalue weighted by Crippen LogP contribution is -2.50. The van der Waals surface area contributed by atoms with Crippen LogP contribution in [-0.4, -0.2) is 87.8 Å². The smallest absolute Gasteiger partial charge is 0.410 e. The van der Waals surface area contributed by atoms with E-state index in [4.69, 9.17) is 23.7 Å². The Morgan fingerprint density at radius 3 is 1.19 bits per heavy atom. The van der Waals surface area contributed by atoms with Gasteiger partial charge in [-0.05, 0) is 165 Å². The van der Waals surface area contributed by atoms with Crippen LogP contribution in [-0.2, 0) is 43.5 Å². The molecule has 0 aromatic heterocycles. The van der Waals surface area contributed by atoms with Crippen LogP contribution >= 0.6 is 28.3 Å². The van der Waals surface area contributed by atoms with Gasteiger partial charge in [0.05, 0.1) is 38.1 Å². The third kappa shape index (κ3) is 15.7. The average molecular weight is 1170 g/mol. The van der Waals surface area contributed by atoms with Gasteiger partial charge in [0.15, 0.2) is 0 Å². The van der Waals surface area contributed by atoms with Gasteiger partial charge in [-0.3, -0.25) is 0 Å². The molecule has 2 amide bonds. The van der Waals surface area contributed by atoms with Gasteiger partial charge < -0.3 is 38.8 Å². The zero-order valence-corrected chi connectivity index (χ0v) is 48.8. The van der Waals surface area contributed by atoms with Crippen LogP contribution in [0.5, 0.6) is 0 Å². The van der Waals surface area contributed by atoms with E-state index < -0.39 is 11.2 Å². The number of carbonyl (C=O) groups excluding carboxylic acids is 2. The van der Waals surface area contributed by atoms with Gasteiger partial charge in [0.2, 0.25) is 0 Å². The molecule has 10 nitrogen and oxygen atoms in total. The van der Waals surface area contributed by atoms with Crippen molar-refractivity contribution < 1.29 is 46.4 Å². The number of piperidine rings is 3. The summed E-state index contributed by atoms with van der Waals surface area (Å²) in [5.41, 5.74) is 4.64. The van der Waals surface area contributed by atoms with Crippen molar-refractivity contribution in [2.45, 2.75) is 204 Å². The summed E-state index contributed by atoms with van der Waals surface area (Å²) in [4.78, 5) is 28.9. The van der Waals surface area contributed by atoms with Gasteiger partial charge >= 0.3 is 12.2 Å². The van der Waals surface area contributed by atoms with E-state index in [1.165, 1.54) is 31.0 Å². The Morgan fingerprint density at radius 2 is 0.823 bits per heavy atom. The van der Waals surface area contributed by atoms with Gasteiger partial charge in [0, 0.05) is 57.4 Å². The SMILES string of the molecule is CC(C)(C)OC(=O)N1C2CCC1CC(OCc1c(F)cccc1-c1ccccc1)C2.CC(C)(C)OC(=O)N1C2CCC1CC(OCc1c(F)cccc1Br)C2.Cl.Fc1cccc(-c2ccccc2)c1COC1CC2CCC(C1)N2. The first kappa shape index (κ1) is 60.1. The molecule has 6 atom stereocenters. The second-order valence-electron chi connectivity index (χ2n) is 23.9. The standard InChI is InChI=1S/C25H30FNO3.C20H22FNO.C19H25BrFNO3.ClH/c1-25(2,3)30-24(28)27-18-12-13-19(27)15-20(14-18)29-16-22-21(10-7-11-23(22)26)17-8-5-4-6-9-17;21-20-8-4-7-18(14-5-2-1-3-6-14)19(20)13-23-17-11-15-9-10-16(12-17)22-15;1-19(2,3)25-18(23)22-12-7-8-13(22)10-14(9-12)24-11-15-16(20)5-4-6-17(15)21;/h4-11,18-20H,12-16H2,1-3H3;1-8,15-17,22H,9-13H2;4-6,12-14H,7-11H2,1-3H3;1H. The molecule has 426 valence electrons. The molecule has 6 heterocycles. The Bertz CT molecular complexity index is 2760. The Morgan fingerprint density at radius 1 is 0.481 bits per heavy atom. The highest BCUT2D eigenvalue weighted by Gasteiger charge is 2.47.